The van der Waals surface area contributed by atoms with E-state index in [1.807, 2.05) is 20.8 Å². The van der Waals surface area contributed by atoms with Crippen molar-refractivity contribution in [2.45, 2.75) is 39.2 Å². The van der Waals surface area contributed by atoms with Crippen LogP contribution in [0, 0.1) is 11.6 Å². The largest absolute Gasteiger partial charge is 0.344 e. The maximum Gasteiger partial charge on any atom is 0.270 e. The van der Waals surface area contributed by atoms with Crippen LogP contribution in [0.2, 0.25) is 0 Å². The average Bonchev–Trinajstić information content (AvgIpc) is 2.80. The molecule has 1 N–H and O–H groups in total. The first-order valence-electron chi connectivity index (χ1n) is 7.40. The third-order valence-electron chi connectivity index (χ3n) is 3.66. The summed E-state index contributed by atoms with van der Waals surface area (Å²) < 4.78 is 28.3. The van der Waals surface area contributed by atoms with E-state index >= 15 is 0 Å². The predicted octanol–water partition coefficient (Wildman–Crippen LogP) is 3.49. The molecule has 1 aromatic carbocycles. The van der Waals surface area contributed by atoms with Crippen LogP contribution in [-0.2, 0) is 12.5 Å². The maximum absolute atomic E-state index is 13.8. The summed E-state index contributed by atoms with van der Waals surface area (Å²) in [5, 5.41) is 7.06. The van der Waals surface area contributed by atoms with Gasteiger partial charge in [0.15, 0.2) is 0 Å². The molecule has 0 aliphatic carbocycles. The van der Waals surface area contributed by atoms with Crippen molar-refractivity contribution in [3.05, 3.63) is 52.9 Å². The Morgan fingerprint density at radius 1 is 1.26 bits per heavy atom. The Morgan fingerprint density at radius 3 is 2.43 bits per heavy atom. The van der Waals surface area contributed by atoms with Crippen molar-refractivity contribution < 1.29 is 13.6 Å². The molecule has 0 fully saturated rings. The molecule has 2 aromatic rings. The van der Waals surface area contributed by atoms with Gasteiger partial charge in [0.05, 0.1) is 11.7 Å². The Morgan fingerprint density at radius 2 is 1.91 bits per heavy atom. The number of aryl methyl sites for hydroxylation is 1. The van der Waals surface area contributed by atoms with Crippen LogP contribution >= 0.6 is 0 Å². The summed E-state index contributed by atoms with van der Waals surface area (Å²) in [6.07, 6.45) is 0. The lowest BCUT2D eigenvalue weighted by molar-refractivity contribution is 0.0930. The quantitative estimate of drug-likeness (QED) is 0.941. The van der Waals surface area contributed by atoms with Gasteiger partial charge in [-0.2, -0.15) is 5.10 Å². The van der Waals surface area contributed by atoms with E-state index in [0.29, 0.717) is 5.69 Å². The fourth-order valence-electron chi connectivity index (χ4n) is 2.25. The van der Waals surface area contributed by atoms with E-state index in [9.17, 15) is 13.6 Å². The minimum atomic E-state index is -0.682. The van der Waals surface area contributed by atoms with Gasteiger partial charge in [0.2, 0.25) is 0 Å². The molecule has 0 saturated carbocycles. The molecule has 0 bridgehead atoms. The number of hydrogen-bond acceptors (Lipinski definition) is 2. The zero-order valence-electron chi connectivity index (χ0n) is 13.9. The molecule has 23 heavy (non-hydrogen) atoms. The van der Waals surface area contributed by atoms with Crippen LogP contribution in [0.5, 0.6) is 0 Å². The van der Waals surface area contributed by atoms with Gasteiger partial charge >= 0.3 is 0 Å². The van der Waals surface area contributed by atoms with Crippen LogP contribution in [0.15, 0.2) is 24.3 Å². The molecule has 4 nitrogen and oxygen atoms in total. The standard InChI is InChI=1S/C17H21F2N3O/c1-10(12-7-6-11(18)8-13(12)19)20-16(23)14-9-15(17(2,3)4)21-22(14)5/h6-10H,1-5H3,(H,20,23). The molecule has 1 aromatic heterocycles. The number of halogens is 2. The summed E-state index contributed by atoms with van der Waals surface area (Å²) in [6.45, 7) is 7.67. The Balaban J connectivity index is 2.20. The summed E-state index contributed by atoms with van der Waals surface area (Å²) in [5.41, 5.74) is 1.25. The van der Waals surface area contributed by atoms with Gasteiger partial charge in [-0.15, -0.1) is 0 Å². The Labute approximate surface area is 134 Å². The number of nitrogens with zero attached hydrogens (tertiary/aromatic N) is 2. The van der Waals surface area contributed by atoms with Crippen molar-refractivity contribution in [2.75, 3.05) is 0 Å². The van der Waals surface area contributed by atoms with Crippen molar-refractivity contribution in [2.24, 2.45) is 7.05 Å². The van der Waals surface area contributed by atoms with E-state index in [4.69, 9.17) is 0 Å². The van der Waals surface area contributed by atoms with Crippen LogP contribution < -0.4 is 5.32 Å². The number of carbonyl (C=O) groups is 1. The van der Waals surface area contributed by atoms with Crippen molar-refractivity contribution in [1.82, 2.24) is 15.1 Å². The summed E-state index contributed by atoms with van der Waals surface area (Å²) in [6, 6.07) is 4.45. The number of amides is 1. The number of hydrogen-bond donors (Lipinski definition) is 1. The molecule has 6 heteroatoms. The second kappa shape index (κ2) is 6.10. The second-order valence-electron chi connectivity index (χ2n) is 6.65. The highest BCUT2D eigenvalue weighted by Crippen LogP contribution is 2.22. The fraction of sp³-hybridized carbons (Fsp3) is 0.412. The molecule has 1 heterocycles. The van der Waals surface area contributed by atoms with Crippen molar-refractivity contribution >= 4 is 5.91 Å². The highest BCUT2D eigenvalue weighted by molar-refractivity contribution is 5.93. The number of carbonyl (C=O) groups excluding carboxylic acids is 1. The molecule has 0 spiro atoms. The molecule has 2 rings (SSSR count). The molecule has 1 atom stereocenters. The molecule has 0 aliphatic rings. The third-order valence-corrected chi connectivity index (χ3v) is 3.66. The van der Waals surface area contributed by atoms with Crippen molar-refractivity contribution in [1.29, 1.82) is 0 Å². The van der Waals surface area contributed by atoms with Crippen LogP contribution in [0.25, 0.3) is 0 Å². The summed E-state index contributed by atoms with van der Waals surface area (Å²) in [5.74, 6) is -1.68. The van der Waals surface area contributed by atoms with Crippen LogP contribution in [0.1, 0.15) is 55.5 Å². The molecule has 124 valence electrons. The highest BCUT2D eigenvalue weighted by Gasteiger charge is 2.23. The molecular weight excluding hydrogens is 300 g/mol. The topological polar surface area (TPSA) is 46.9 Å². The van der Waals surface area contributed by atoms with Crippen LogP contribution in [0.3, 0.4) is 0 Å². The molecule has 1 amide bonds. The molecule has 0 aliphatic heterocycles. The Hall–Kier alpha value is -2.24. The van der Waals surface area contributed by atoms with Gasteiger partial charge in [-0.3, -0.25) is 9.48 Å². The third kappa shape index (κ3) is 3.75. The number of nitrogens with one attached hydrogen (secondary N) is 1. The van der Waals surface area contributed by atoms with Gasteiger partial charge < -0.3 is 5.32 Å². The smallest absolute Gasteiger partial charge is 0.270 e. The Kier molecular flexibility index (Phi) is 4.54. The summed E-state index contributed by atoms with van der Waals surface area (Å²) in [7, 11) is 1.69. The lowest BCUT2D eigenvalue weighted by atomic mass is 9.92. The molecule has 0 radical (unpaired) electrons. The lowest BCUT2D eigenvalue weighted by Gasteiger charge is -2.15. The van der Waals surface area contributed by atoms with Gasteiger partial charge in [-0.25, -0.2) is 8.78 Å². The maximum atomic E-state index is 13.8. The number of rotatable bonds is 3. The monoisotopic (exact) mass is 321 g/mol. The fourth-order valence-corrected chi connectivity index (χ4v) is 2.25. The highest BCUT2D eigenvalue weighted by atomic mass is 19.1. The average molecular weight is 321 g/mol. The van der Waals surface area contributed by atoms with Crippen LogP contribution in [-0.4, -0.2) is 15.7 Å². The molecule has 1 unspecified atom stereocenters. The van der Waals surface area contributed by atoms with E-state index in [0.717, 1.165) is 11.8 Å². The summed E-state index contributed by atoms with van der Waals surface area (Å²) in [4.78, 5) is 12.4. The zero-order chi connectivity index (χ0) is 17.4. The van der Waals surface area contributed by atoms with Crippen molar-refractivity contribution in [3.63, 3.8) is 0 Å². The normalized spacial score (nSPS) is 13.0. The van der Waals surface area contributed by atoms with E-state index in [2.05, 4.69) is 10.4 Å². The van der Waals surface area contributed by atoms with Gasteiger partial charge in [0.1, 0.15) is 17.3 Å². The predicted molar refractivity (Wildman–Crippen MR) is 84.1 cm³/mol. The first-order chi connectivity index (χ1) is 10.6. The zero-order valence-corrected chi connectivity index (χ0v) is 13.9. The number of aromatic nitrogens is 2. The van der Waals surface area contributed by atoms with Gasteiger partial charge in [-0.05, 0) is 19.1 Å². The first kappa shape index (κ1) is 17.1. The molecule has 0 saturated heterocycles. The van der Waals surface area contributed by atoms with Gasteiger partial charge in [-0.1, -0.05) is 26.8 Å². The lowest BCUT2D eigenvalue weighted by Crippen LogP contribution is -2.29. The minimum absolute atomic E-state index is 0.176. The van der Waals surface area contributed by atoms with E-state index < -0.39 is 17.7 Å². The Bertz CT molecular complexity index is 732. The van der Waals surface area contributed by atoms with Gasteiger partial charge in [0.25, 0.3) is 5.91 Å². The van der Waals surface area contributed by atoms with E-state index in [1.54, 1.807) is 20.0 Å². The SMILES string of the molecule is CC(NC(=O)c1cc(C(C)(C)C)nn1C)c1ccc(F)cc1F. The minimum Gasteiger partial charge on any atom is -0.344 e. The van der Waals surface area contributed by atoms with Crippen molar-refractivity contribution in [3.8, 4) is 0 Å². The van der Waals surface area contributed by atoms with Crippen LogP contribution in [0.4, 0.5) is 8.78 Å². The second-order valence-corrected chi connectivity index (χ2v) is 6.65. The van der Waals surface area contributed by atoms with E-state index in [-0.39, 0.29) is 16.9 Å². The number of benzene rings is 1. The van der Waals surface area contributed by atoms with E-state index in [1.165, 1.54) is 16.8 Å². The van der Waals surface area contributed by atoms with Gasteiger partial charge in [0, 0.05) is 24.1 Å². The first-order valence-corrected chi connectivity index (χ1v) is 7.40. The molecular formula is C17H21F2N3O. The summed E-state index contributed by atoms with van der Waals surface area (Å²) >= 11 is 0.